The van der Waals surface area contributed by atoms with Gasteiger partial charge in [-0.05, 0) is 55.3 Å². The third-order valence-corrected chi connectivity index (χ3v) is 5.59. The number of likely N-dealkylation sites (N-methyl/N-ethyl adjacent to an activating group) is 1. The smallest absolute Gasteiger partial charge is 0.234 e. The Morgan fingerprint density at radius 3 is 2.35 bits per heavy atom. The first kappa shape index (κ1) is 23.0. The first-order valence-electron chi connectivity index (χ1n) is 10.6. The summed E-state index contributed by atoms with van der Waals surface area (Å²) in [4.78, 5) is 14.6. The number of halogens is 2. The molecule has 7 heteroatoms. The highest BCUT2D eigenvalue weighted by Crippen LogP contribution is 2.34. The van der Waals surface area contributed by atoms with Gasteiger partial charge in [-0.3, -0.25) is 9.69 Å². The highest BCUT2D eigenvalue weighted by atomic mass is 19.2. The van der Waals surface area contributed by atoms with E-state index in [2.05, 4.69) is 5.32 Å². The van der Waals surface area contributed by atoms with E-state index in [1.54, 1.807) is 11.9 Å². The van der Waals surface area contributed by atoms with E-state index in [0.29, 0.717) is 24.5 Å². The molecule has 1 amide bonds. The summed E-state index contributed by atoms with van der Waals surface area (Å²) < 4.78 is 38.3. The predicted octanol–water partition coefficient (Wildman–Crippen LogP) is 4.63. The fourth-order valence-electron chi connectivity index (χ4n) is 3.62. The summed E-state index contributed by atoms with van der Waals surface area (Å²) in [6, 6.07) is 9.12. The molecule has 1 aliphatic rings. The van der Waals surface area contributed by atoms with E-state index in [0.717, 1.165) is 23.8 Å². The molecule has 1 N–H and O–H groups in total. The molecule has 2 unspecified atom stereocenters. The van der Waals surface area contributed by atoms with E-state index in [1.807, 2.05) is 39.0 Å². The van der Waals surface area contributed by atoms with Crippen molar-refractivity contribution in [2.75, 3.05) is 26.8 Å². The summed E-state index contributed by atoms with van der Waals surface area (Å²) in [7, 11) is 1.78. The van der Waals surface area contributed by atoms with Crippen molar-refractivity contribution in [3.8, 4) is 11.5 Å². The topological polar surface area (TPSA) is 50.8 Å². The third kappa shape index (κ3) is 5.73. The summed E-state index contributed by atoms with van der Waals surface area (Å²) in [6.45, 7) is 7.28. The van der Waals surface area contributed by atoms with E-state index in [1.165, 1.54) is 12.1 Å². The molecule has 0 fully saturated rings. The number of benzene rings is 2. The maximum atomic E-state index is 13.6. The second-order valence-electron chi connectivity index (χ2n) is 8.31. The van der Waals surface area contributed by atoms with Gasteiger partial charge in [0.25, 0.3) is 0 Å². The lowest BCUT2D eigenvalue weighted by molar-refractivity contribution is -0.123. The number of ether oxygens (including phenoxy) is 2. The Kier molecular flexibility index (Phi) is 7.49. The SMILES string of the molecule is CC(C)C(NC(=O)CN(C)C(C)c1ccc(F)c(F)c1)c1ccc2c(c1)OCCCO2. The quantitative estimate of drug-likeness (QED) is 0.693. The van der Waals surface area contributed by atoms with Crippen molar-refractivity contribution < 1.29 is 23.0 Å². The van der Waals surface area contributed by atoms with Crippen LogP contribution >= 0.6 is 0 Å². The van der Waals surface area contributed by atoms with Crippen LogP contribution in [0.3, 0.4) is 0 Å². The molecule has 0 saturated carbocycles. The van der Waals surface area contributed by atoms with Gasteiger partial charge in [0.05, 0.1) is 25.8 Å². The Morgan fingerprint density at radius 1 is 1.00 bits per heavy atom. The second kappa shape index (κ2) is 10.1. The molecule has 0 saturated heterocycles. The number of carbonyl (C=O) groups excluding carboxylic acids is 1. The standard InChI is InChI=1S/C24H30F2N2O3/c1-15(2)24(18-7-9-21-22(13-18)31-11-5-10-30-21)27-23(29)14-28(4)16(3)17-6-8-19(25)20(26)12-17/h6-9,12-13,15-16,24H,5,10-11,14H2,1-4H3,(H,27,29). The number of hydrogen-bond donors (Lipinski definition) is 1. The normalized spacial score (nSPS) is 15.5. The van der Waals surface area contributed by atoms with E-state index in [4.69, 9.17) is 9.47 Å². The molecule has 0 aliphatic carbocycles. The van der Waals surface area contributed by atoms with Gasteiger partial charge in [-0.15, -0.1) is 0 Å². The van der Waals surface area contributed by atoms with Crippen molar-refractivity contribution in [1.82, 2.24) is 10.2 Å². The molecule has 2 aromatic carbocycles. The minimum Gasteiger partial charge on any atom is -0.490 e. The van der Waals surface area contributed by atoms with Crippen LogP contribution in [0.4, 0.5) is 8.78 Å². The first-order valence-corrected chi connectivity index (χ1v) is 10.6. The van der Waals surface area contributed by atoms with Gasteiger partial charge in [-0.25, -0.2) is 8.78 Å². The lowest BCUT2D eigenvalue weighted by Crippen LogP contribution is -2.39. The van der Waals surface area contributed by atoms with Crippen LogP contribution in [0.5, 0.6) is 11.5 Å². The van der Waals surface area contributed by atoms with Gasteiger partial charge in [0.1, 0.15) is 0 Å². The van der Waals surface area contributed by atoms with Gasteiger partial charge in [0.2, 0.25) is 5.91 Å². The average Bonchev–Trinajstić information content (AvgIpc) is 2.98. The Hall–Kier alpha value is -2.67. The van der Waals surface area contributed by atoms with Crippen LogP contribution in [0.1, 0.15) is 50.4 Å². The summed E-state index contributed by atoms with van der Waals surface area (Å²) in [5, 5.41) is 3.10. The minimum atomic E-state index is -0.892. The van der Waals surface area contributed by atoms with Crippen LogP contribution in [-0.4, -0.2) is 37.6 Å². The molecule has 5 nitrogen and oxygen atoms in total. The molecule has 3 rings (SSSR count). The van der Waals surface area contributed by atoms with Crippen LogP contribution < -0.4 is 14.8 Å². The average molecular weight is 433 g/mol. The largest absolute Gasteiger partial charge is 0.490 e. The molecule has 0 spiro atoms. The maximum absolute atomic E-state index is 13.6. The fraction of sp³-hybridized carbons (Fsp3) is 0.458. The Labute approximate surface area is 182 Å². The summed E-state index contributed by atoms with van der Waals surface area (Å²) >= 11 is 0. The van der Waals surface area contributed by atoms with Crippen molar-refractivity contribution in [2.45, 2.75) is 39.3 Å². The van der Waals surface area contributed by atoms with Crippen molar-refractivity contribution in [3.63, 3.8) is 0 Å². The highest BCUT2D eigenvalue weighted by Gasteiger charge is 2.23. The molecule has 31 heavy (non-hydrogen) atoms. The molecule has 1 heterocycles. The number of hydrogen-bond acceptors (Lipinski definition) is 4. The van der Waals surface area contributed by atoms with Gasteiger partial charge in [0, 0.05) is 12.5 Å². The number of nitrogens with zero attached hydrogens (tertiary/aromatic N) is 1. The molecule has 168 valence electrons. The fourth-order valence-corrected chi connectivity index (χ4v) is 3.62. The lowest BCUT2D eigenvalue weighted by atomic mass is 9.95. The van der Waals surface area contributed by atoms with Crippen molar-refractivity contribution in [2.24, 2.45) is 5.92 Å². The third-order valence-electron chi connectivity index (χ3n) is 5.59. The molecular weight excluding hydrogens is 402 g/mol. The van der Waals surface area contributed by atoms with Crippen molar-refractivity contribution in [1.29, 1.82) is 0 Å². The van der Waals surface area contributed by atoms with Crippen molar-refractivity contribution >= 4 is 5.91 Å². The number of carbonyl (C=O) groups is 1. The zero-order valence-corrected chi connectivity index (χ0v) is 18.5. The molecule has 0 bridgehead atoms. The predicted molar refractivity (Wildman–Crippen MR) is 115 cm³/mol. The van der Waals surface area contributed by atoms with Gasteiger partial charge in [0.15, 0.2) is 23.1 Å². The summed E-state index contributed by atoms with van der Waals surface area (Å²) in [5.74, 6) is -0.359. The zero-order chi connectivity index (χ0) is 22.5. The van der Waals surface area contributed by atoms with Crippen molar-refractivity contribution in [3.05, 3.63) is 59.2 Å². The van der Waals surface area contributed by atoms with Gasteiger partial charge in [-0.2, -0.15) is 0 Å². The molecule has 2 aromatic rings. The van der Waals surface area contributed by atoms with Crippen LogP contribution in [0.15, 0.2) is 36.4 Å². The van der Waals surface area contributed by atoms with Gasteiger partial charge < -0.3 is 14.8 Å². The summed E-state index contributed by atoms with van der Waals surface area (Å²) in [5.41, 5.74) is 1.56. The summed E-state index contributed by atoms with van der Waals surface area (Å²) in [6.07, 6.45) is 0.830. The van der Waals surface area contributed by atoms with Gasteiger partial charge >= 0.3 is 0 Å². The van der Waals surface area contributed by atoms with Gasteiger partial charge in [-0.1, -0.05) is 26.0 Å². The van der Waals surface area contributed by atoms with Crippen LogP contribution in [0, 0.1) is 17.6 Å². The Morgan fingerprint density at radius 2 is 1.68 bits per heavy atom. The Bertz CT molecular complexity index is 920. The zero-order valence-electron chi connectivity index (χ0n) is 18.5. The molecule has 1 aliphatic heterocycles. The maximum Gasteiger partial charge on any atom is 0.234 e. The number of amides is 1. The lowest BCUT2D eigenvalue weighted by Gasteiger charge is -2.28. The Balaban J connectivity index is 1.68. The van der Waals surface area contributed by atoms with E-state index < -0.39 is 11.6 Å². The monoisotopic (exact) mass is 432 g/mol. The number of nitrogens with one attached hydrogen (secondary N) is 1. The van der Waals surface area contributed by atoms with E-state index in [-0.39, 0.29) is 30.5 Å². The molecule has 2 atom stereocenters. The van der Waals surface area contributed by atoms with Crippen LogP contribution in [0.2, 0.25) is 0 Å². The number of fused-ring (bicyclic) bond motifs is 1. The molecule has 0 radical (unpaired) electrons. The second-order valence-corrected chi connectivity index (χ2v) is 8.31. The number of rotatable bonds is 7. The minimum absolute atomic E-state index is 0.119. The first-order chi connectivity index (χ1) is 14.8. The van der Waals surface area contributed by atoms with E-state index >= 15 is 0 Å². The molecular formula is C24H30F2N2O3. The van der Waals surface area contributed by atoms with Crippen LogP contribution in [0.25, 0.3) is 0 Å². The highest BCUT2D eigenvalue weighted by molar-refractivity contribution is 5.78. The molecule has 0 aromatic heterocycles. The van der Waals surface area contributed by atoms with E-state index in [9.17, 15) is 13.6 Å². The van der Waals surface area contributed by atoms with Crippen LogP contribution in [-0.2, 0) is 4.79 Å².